The van der Waals surface area contributed by atoms with Crippen molar-refractivity contribution in [3.8, 4) is 11.5 Å². The summed E-state index contributed by atoms with van der Waals surface area (Å²) in [5, 5.41) is 36.1. The number of pyridine rings is 1. The molecule has 13 heteroatoms. The van der Waals surface area contributed by atoms with Gasteiger partial charge in [0.2, 0.25) is 11.7 Å². The maximum atomic E-state index is 14.5. The molecule has 3 aliphatic carbocycles. The highest BCUT2D eigenvalue weighted by Gasteiger charge is 2.65. The van der Waals surface area contributed by atoms with Crippen LogP contribution in [0.4, 0.5) is 5.69 Å². The van der Waals surface area contributed by atoms with Crippen LogP contribution in [-0.4, -0.2) is 75.3 Å². The van der Waals surface area contributed by atoms with Crippen molar-refractivity contribution in [3.05, 3.63) is 118 Å². The third-order valence-corrected chi connectivity index (χ3v) is 13.6. The van der Waals surface area contributed by atoms with E-state index >= 15 is 0 Å². The summed E-state index contributed by atoms with van der Waals surface area (Å²) in [6.45, 7) is 6.73. The molecule has 1 amide bonds. The zero-order valence-corrected chi connectivity index (χ0v) is 36.9. The zero-order chi connectivity index (χ0) is 44.3. The molecule has 0 bridgehead atoms. The largest absolute Gasteiger partial charge is 0.487 e. The fourth-order valence-electron chi connectivity index (χ4n) is 10.5. The maximum absolute atomic E-state index is 14.5. The monoisotopic (exact) mass is 864 g/mol. The minimum absolute atomic E-state index is 0.00571. The molecule has 1 aromatic heterocycles. The van der Waals surface area contributed by atoms with E-state index in [0.717, 1.165) is 73.0 Å². The van der Waals surface area contributed by atoms with Gasteiger partial charge in [-0.25, -0.2) is 0 Å². The van der Waals surface area contributed by atoms with Crippen molar-refractivity contribution in [1.82, 2.24) is 9.88 Å². The normalized spacial score (nSPS) is 24.5. The fraction of sp³-hybridized carbons (Fsp3) is 0.540. The van der Waals surface area contributed by atoms with Gasteiger partial charge in [-0.15, -0.1) is 6.58 Å². The molecule has 2 aromatic carbocycles. The summed E-state index contributed by atoms with van der Waals surface area (Å²) in [4.78, 5) is 38.0. The minimum atomic E-state index is -1.34. The van der Waals surface area contributed by atoms with Crippen molar-refractivity contribution >= 4 is 17.3 Å². The highest BCUT2D eigenvalue weighted by molar-refractivity contribution is 6.03. The van der Waals surface area contributed by atoms with Crippen LogP contribution in [0.1, 0.15) is 112 Å². The van der Waals surface area contributed by atoms with Gasteiger partial charge in [0.1, 0.15) is 30.8 Å². The summed E-state index contributed by atoms with van der Waals surface area (Å²) in [5.74, 6) is 0.0494. The Hall–Kier alpha value is -5.11. The number of unbranched alkanes of at least 4 members (excludes halogenated alkanes) is 2. The van der Waals surface area contributed by atoms with Crippen LogP contribution < -0.4 is 9.47 Å². The number of aliphatic hydroxyl groups is 2. The molecular formula is C50H64N4O9. The number of nitro groups is 1. The number of rotatable bonds is 22. The van der Waals surface area contributed by atoms with Crippen LogP contribution >= 0.6 is 0 Å². The second kappa shape index (κ2) is 21.5. The lowest BCUT2D eigenvalue weighted by Crippen LogP contribution is -2.69. The molecule has 13 nitrogen and oxygen atoms in total. The Labute approximate surface area is 371 Å². The molecule has 6 unspecified atom stereocenters. The molecular weight excluding hydrogens is 801 g/mol. The molecule has 0 saturated heterocycles. The quantitative estimate of drug-likeness (QED) is 0.0431. The van der Waals surface area contributed by atoms with Crippen molar-refractivity contribution in [3.63, 3.8) is 0 Å². The SMILES string of the molecule is C=CCOC12Oc3ccc(OCc4cccc(C)n4)cc3C3C(CCCCO)C(CCCCO)C=C(C(=NOCc4ccc([N+](=O)[O-])cc4)CC1N(C)C(=O)CCC1CCCC1)C32. The van der Waals surface area contributed by atoms with Gasteiger partial charge in [-0.2, -0.15) is 0 Å². The second-order valence-corrected chi connectivity index (χ2v) is 17.7. The van der Waals surface area contributed by atoms with Crippen molar-refractivity contribution < 1.29 is 39.0 Å². The van der Waals surface area contributed by atoms with E-state index in [4.69, 9.17) is 24.2 Å². The van der Waals surface area contributed by atoms with E-state index < -0.39 is 22.7 Å². The highest BCUT2D eigenvalue weighted by Crippen LogP contribution is 2.62. The van der Waals surface area contributed by atoms with E-state index in [-0.39, 0.29) is 68.8 Å². The van der Waals surface area contributed by atoms with Gasteiger partial charge >= 0.3 is 0 Å². The molecule has 0 spiro atoms. The predicted octanol–water partition coefficient (Wildman–Crippen LogP) is 9.14. The molecule has 1 aliphatic heterocycles. The first-order chi connectivity index (χ1) is 30.6. The number of hydrogen-bond donors (Lipinski definition) is 2. The van der Waals surface area contributed by atoms with Crippen molar-refractivity contribution in [2.75, 3.05) is 26.9 Å². The van der Waals surface area contributed by atoms with Gasteiger partial charge in [-0.1, -0.05) is 61.9 Å². The minimum Gasteiger partial charge on any atom is -0.487 e. The molecule has 2 fully saturated rings. The number of aromatic nitrogens is 1. The topological polar surface area (TPSA) is 166 Å². The fourth-order valence-corrected chi connectivity index (χ4v) is 10.5. The first-order valence-electron chi connectivity index (χ1n) is 22.9. The number of aliphatic hydroxyl groups excluding tert-OH is 2. The van der Waals surface area contributed by atoms with Crippen LogP contribution in [0.2, 0.25) is 0 Å². The number of benzene rings is 2. The lowest BCUT2D eigenvalue weighted by molar-refractivity contribution is -0.384. The molecule has 63 heavy (non-hydrogen) atoms. The number of aryl methyl sites for hydroxylation is 1. The van der Waals surface area contributed by atoms with Crippen LogP contribution in [-0.2, 0) is 27.6 Å². The van der Waals surface area contributed by atoms with Crippen LogP contribution in [0.15, 0.2) is 90.1 Å². The van der Waals surface area contributed by atoms with E-state index in [1.54, 1.807) is 18.2 Å². The highest BCUT2D eigenvalue weighted by atomic mass is 16.7. The van der Waals surface area contributed by atoms with Crippen LogP contribution in [0.25, 0.3) is 0 Å². The van der Waals surface area contributed by atoms with E-state index in [9.17, 15) is 25.1 Å². The number of allylic oxidation sites excluding steroid dienone is 1. The molecule has 338 valence electrons. The third-order valence-electron chi connectivity index (χ3n) is 13.6. The molecule has 7 rings (SSSR count). The molecule has 2 saturated carbocycles. The number of oxime groups is 1. The smallest absolute Gasteiger partial charge is 0.269 e. The number of carbonyl (C=O) groups excluding carboxylic acids is 1. The molecule has 4 aliphatic rings. The van der Waals surface area contributed by atoms with Gasteiger partial charge < -0.3 is 34.2 Å². The summed E-state index contributed by atoms with van der Waals surface area (Å²) in [5.41, 5.74) is 5.05. The number of non-ortho nitro benzene ring substituents is 1. The number of carbonyl (C=O) groups is 1. The number of amides is 1. The van der Waals surface area contributed by atoms with E-state index in [2.05, 4.69) is 23.7 Å². The van der Waals surface area contributed by atoms with Crippen molar-refractivity contribution in [1.29, 1.82) is 0 Å². The Morgan fingerprint density at radius 2 is 1.79 bits per heavy atom. The second-order valence-electron chi connectivity index (χ2n) is 17.7. The van der Waals surface area contributed by atoms with Gasteiger partial charge in [0.15, 0.2) is 0 Å². The molecule has 6 atom stereocenters. The molecule has 3 aromatic rings. The summed E-state index contributed by atoms with van der Waals surface area (Å²) in [6, 6.07) is 17.5. The molecule has 2 heterocycles. The van der Waals surface area contributed by atoms with Crippen LogP contribution in [0, 0.1) is 40.7 Å². The van der Waals surface area contributed by atoms with Gasteiger partial charge in [0, 0.05) is 62.4 Å². The average Bonchev–Trinajstić information content (AvgIpc) is 3.82. The summed E-state index contributed by atoms with van der Waals surface area (Å²) in [6.07, 6.45) is 14.9. The lowest BCUT2D eigenvalue weighted by Gasteiger charge is -2.59. The average molecular weight is 865 g/mol. The van der Waals surface area contributed by atoms with E-state index in [1.165, 1.54) is 25.0 Å². The number of ether oxygens (including phenoxy) is 3. The Morgan fingerprint density at radius 3 is 2.51 bits per heavy atom. The maximum Gasteiger partial charge on any atom is 0.269 e. The Balaban J connectivity index is 1.35. The van der Waals surface area contributed by atoms with Crippen molar-refractivity contribution in [2.24, 2.45) is 28.8 Å². The van der Waals surface area contributed by atoms with E-state index in [1.807, 2.05) is 49.2 Å². The number of nitro benzene ring substituents is 1. The summed E-state index contributed by atoms with van der Waals surface area (Å²) >= 11 is 0. The van der Waals surface area contributed by atoms with Gasteiger partial charge in [-0.05, 0) is 110 Å². The Kier molecular flexibility index (Phi) is 15.7. The molecule has 0 radical (unpaired) electrons. The van der Waals surface area contributed by atoms with E-state index in [0.29, 0.717) is 42.4 Å². The van der Waals surface area contributed by atoms with Gasteiger partial charge in [0.05, 0.1) is 28.9 Å². The van der Waals surface area contributed by atoms with Gasteiger partial charge in [0.25, 0.3) is 5.69 Å². The van der Waals surface area contributed by atoms with Crippen LogP contribution in [0.3, 0.4) is 0 Å². The predicted molar refractivity (Wildman–Crippen MR) is 240 cm³/mol. The first-order valence-corrected chi connectivity index (χ1v) is 22.9. The first kappa shape index (κ1) is 45.9. The lowest BCUT2D eigenvalue weighted by atomic mass is 9.55. The zero-order valence-electron chi connectivity index (χ0n) is 36.9. The number of likely N-dealkylation sites (N-methyl/N-ethyl adjacent to an activating group) is 1. The third kappa shape index (κ3) is 10.6. The number of fused-ring (bicyclic) bond motifs is 2. The number of nitrogens with zero attached hydrogens (tertiary/aromatic N) is 4. The van der Waals surface area contributed by atoms with Crippen LogP contribution in [0.5, 0.6) is 11.5 Å². The Morgan fingerprint density at radius 1 is 1.03 bits per heavy atom. The Bertz CT molecular complexity index is 2100. The summed E-state index contributed by atoms with van der Waals surface area (Å²) < 4.78 is 20.8. The van der Waals surface area contributed by atoms with Gasteiger partial charge in [-0.3, -0.25) is 19.9 Å². The standard InChI is InChI=1S/C50H64N4O9/c1-4-28-61-50-46(53(3)47(57)25-20-35-13-5-6-14-35)31-44(52-62-32-36-18-21-39(22-19-36)54(58)59)42-29-37(15-7-9-26-55)41(17-8-10-27-56)48(49(42)50)43-30-40(23-24-45(43)63-50)60-33-38-16-11-12-34(2)51-38/h4,11-12,16,18-19,21-24,29-30,35,37,41,46,48-49,55-56H,1,5-10,13-15,17,20,25-28,31-33H2,2-3H3. The van der Waals surface area contributed by atoms with Crippen molar-refractivity contribution in [2.45, 2.75) is 121 Å². The number of hydrogen-bond acceptors (Lipinski definition) is 11. The molecule has 2 N–H and O–H groups in total. The summed E-state index contributed by atoms with van der Waals surface area (Å²) in [7, 11) is 1.86.